The highest BCUT2D eigenvalue weighted by Crippen LogP contribution is 2.46. The molecule has 1 aliphatic heterocycles. The number of amides is 6. The third kappa shape index (κ3) is 21.5. The lowest BCUT2D eigenvalue weighted by Crippen LogP contribution is -2.56. The summed E-state index contributed by atoms with van der Waals surface area (Å²) in [5, 5.41) is 14.6. The molecule has 27 nitrogen and oxygen atoms in total. The van der Waals surface area contributed by atoms with Crippen molar-refractivity contribution in [1.82, 2.24) is 29.6 Å². The molecule has 1 saturated heterocycles. The van der Waals surface area contributed by atoms with Crippen molar-refractivity contribution in [3.8, 4) is 22.9 Å². The lowest BCUT2D eigenvalue weighted by atomic mass is 10.1. The summed E-state index contributed by atoms with van der Waals surface area (Å²) in [4.78, 5) is 113. The SMILES string of the molecule is C=C[C@@H]1C[C@]1(N)C(=O)NS(=O)(=O)c1ccccc1NC(=O)CCCCCCCC(=O)OC.C=C[C@@H]1C[C@]1(NC(=O)[C@@H]1C[C@@H](Oc2cc(-c3csc(NC(C)C)n3)nc3cc(OC)ccc23)CN1C(=O)OC(C)(C)C)C(=O)NS(=O)(=O)c1ccccc1NC(=O)CCCCCCCC(=O)OC. The van der Waals surface area contributed by atoms with E-state index in [2.05, 4.69) is 48.6 Å². The maximum atomic E-state index is 14.5. The number of thiazole rings is 1. The number of unbranched alkanes of at least 4 members (excludes halogenated alkanes) is 8. The van der Waals surface area contributed by atoms with Crippen molar-refractivity contribution >= 4 is 106 Å². The minimum absolute atomic E-state index is 0.0171. The van der Waals surface area contributed by atoms with E-state index < -0.39 is 84.5 Å². The molecule has 8 rings (SSSR count). The molecular formula is C70H92N10O17S3. The number of sulfonamides is 2. The van der Waals surface area contributed by atoms with E-state index in [-0.39, 0.29) is 83.2 Å². The zero-order valence-electron chi connectivity index (χ0n) is 57.8. The number of methoxy groups -OCH3 is 3. The number of esters is 2. The van der Waals surface area contributed by atoms with E-state index in [9.17, 15) is 55.2 Å². The number of hydrogen-bond donors (Lipinski definition) is 7. The molecule has 3 heterocycles. The van der Waals surface area contributed by atoms with Crippen molar-refractivity contribution in [2.45, 2.75) is 188 Å². The van der Waals surface area contributed by atoms with Crippen LogP contribution in [0.4, 0.5) is 21.3 Å². The van der Waals surface area contributed by atoms with Gasteiger partial charge in [0.05, 0.1) is 50.5 Å². The lowest BCUT2D eigenvalue weighted by molar-refractivity contribution is -0.141. The molecule has 0 bridgehead atoms. The van der Waals surface area contributed by atoms with Crippen LogP contribution >= 0.6 is 11.3 Å². The number of pyridine rings is 1. The summed E-state index contributed by atoms with van der Waals surface area (Å²) < 4.78 is 84.6. The Morgan fingerprint density at radius 1 is 0.690 bits per heavy atom. The molecule has 8 N–H and O–H groups in total. The molecule has 6 amide bonds. The van der Waals surface area contributed by atoms with Crippen LogP contribution in [0.25, 0.3) is 22.3 Å². The molecule has 100 heavy (non-hydrogen) atoms. The van der Waals surface area contributed by atoms with Gasteiger partial charge in [-0.3, -0.25) is 38.5 Å². The third-order valence-corrected chi connectivity index (χ3v) is 20.4. The Balaban J connectivity index is 0.000000367. The number of ether oxygens (including phenoxy) is 5. The van der Waals surface area contributed by atoms with E-state index in [1.807, 2.05) is 30.0 Å². The molecule has 2 aliphatic carbocycles. The standard InChI is InChI=1S/C48H61N7O11S2.C22H31N3O6S/c1-9-30-26-48(30,44(59)54-68(61,62)40-18-16-15-17-34(40)51-41(56)19-13-11-10-12-14-20-42(57)64-8)53-43(58)38-24-32(27-55(38)46(60)66-47(4,5)6)65-39-25-36(37-28-67-45(52-37)49-29(2)3)50-35-23-31(63-7)21-22-33(35)39;1-3-16-15-22(16,23)21(28)25-32(29,30)18-12-10-9-11-17(18)24-19(26)13-7-5-4-6-8-14-20(27)31-2/h9,15-18,21-23,25,28-30,32,38H,1,10-14,19-20,24,26-27H2,2-8H3,(H,49,52)(H,51,56)(H,53,58)(H,54,59);3,9-12,16H,1,4-8,13-15,23H2,2H3,(H,24,26)(H,25,28)/t30-,32-,38+,48-;16-,22-/m11/s1. The number of likely N-dealkylation sites (tertiary alicyclic amines) is 1. The molecule has 3 aliphatic rings. The number of benzene rings is 3. The van der Waals surface area contributed by atoms with Gasteiger partial charge in [0.15, 0.2) is 5.13 Å². The number of hydrogen-bond acceptors (Lipinski definition) is 22. The van der Waals surface area contributed by atoms with Crippen molar-refractivity contribution in [2.75, 3.05) is 43.8 Å². The Hall–Kier alpha value is -9.00. The zero-order valence-corrected chi connectivity index (χ0v) is 60.2. The fourth-order valence-electron chi connectivity index (χ4n) is 11.2. The Morgan fingerprint density at radius 3 is 1.72 bits per heavy atom. The molecule has 0 unspecified atom stereocenters. The Morgan fingerprint density at radius 2 is 1.22 bits per heavy atom. The summed E-state index contributed by atoms with van der Waals surface area (Å²) in [6, 6.07) is 17.6. The molecule has 542 valence electrons. The van der Waals surface area contributed by atoms with Crippen LogP contribution in [0.2, 0.25) is 0 Å². The second-order valence-corrected chi connectivity index (χ2v) is 30.2. The van der Waals surface area contributed by atoms with E-state index >= 15 is 0 Å². The summed E-state index contributed by atoms with van der Waals surface area (Å²) >= 11 is 1.44. The number of nitrogens with zero attached hydrogens (tertiary/aromatic N) is 3. The number of carbonyl (C=O) groups is 8. The molecular weight excluding hydrogens is 1350 g/mol. The zero-order chi connectivity index (χ0) is 73.2. The molecule has 3 fully saturated rings. The molecule has 6 atom stereocenters. The first-order valence-electron chi connectivity index (χ1n) is 33.2. The second kappa shape index (κ2) is 34.9. The first-order chi connectivity index (χ1) is 47.4. The third-order valence-electron chi connectivity index (χ3n) is 16.8. The average molecular weight is 1440 g/mol. The van der Waals surface area contributed by atoms with Crippen LogP contribution in [0, 0.1) is 11.8 Å². The van der Waals surface area contributed by atoms with Crippen LogP contribution in [0.1, 0.15) is 144 Å². The quantitative estimate of drug-likeness (QED) is 0.00871. The molecule has 2 saturated carbocycles. The van der Waals surface area contributed by atoms with Gasteiger partial charge in [-0.05, 0) is 110 Å². The van der Waals surface area contributed by atoms with Gasteiger partial charge in [-0.15, -0.1) is 24.5 Å². The Labute approximate surface area is 588 Å². The maximum absolute atomic E-state index is 14.5. The van der Waals surface area contributed by atoms with Gasteiger partial charge in [-0.25, -0.2) is 41.0 Å². The summed E-state index contributed by atoms with van der Waals surface area (Å²) in [6.07, 6.45) is 10.4. The van der Waals surface area contributed by atoms with E-state index in [1.54, 1.807) is 58.2 Å². The fourth-order valence-corrected chi connectivity index (χ4v) is 14.5. The van der Waals surface area contributed by atoms with Gasteiger partial charge in [0.2, 0.25) is 17.7 Å². The van der Waals surface area contributed by atoms with E-state index in [0.29, 0.717) is 72.3 Å². The molecule has 3 aromatic carbocycles. The van der Waals surface area contributed by atoms with E-state index in [1.165, 1.54) is 79.0 Å². The first kappa shape index (κ1) is 78.3. The van der Waals surface area contributed by atoms with Gasteiger partial charge in [-0.1, -0.05) is 74.9 Å². The monoisotopic (exact) mass is 1440 g/mol. The van der Waals surface area contributed by atoms with Crippen molar-refractivity contribution < 1.29 is 78.9 Å². The number of nitrogens with one attached hydrogen (secondary N) is 6. The van der Waals surface area contributed by atoms with Crippen LogP contribution in [0.3, 0.4) is 0 Å². The van der Waals surface area contributed by atoms with Crippen LogP contribution < -0.4 is 45.9 Å². The number of anilines is 3. The van der Waals surface area contributed by atoms with Crippen LogP contribution in [-0.4, -0.2) is 142 Å². The largest absolute Gasteiger partial charge is 0.497 e. The van der Waals surface area contributed by atoms with Gasteiger partial charge in [0.25, 0.3) is 31.9 Å². The predicted molar refractivity (Wildman–Crippen MR) is 378 cm³/mol. The number of aromatic nitrogens is 2. The maximum Gasteiger partial charge on any atom is 0.411 e. The van der Waals surface area contributed by atoms with Crippen molar-refractivity contribution in [3.63, 3.8) is 0 Å². The van der Waals surface area contributed by atoms with E-state index in [4.69, 9.17) is 29.9 Å². The normalized spacial score (nSPS) is 19.2. The lowest BCUT2D eigenvalue weighted by Gasteiger charge is -2.29. The number of carbonyl (C=O) groups excluding carboxylic acids is 8. The topological polar surface area (TPSA) is 378 Å². The molecule has 0 radical (unpaired) electrons. The minimum Gasteiger partial charge on any atom is -0.497 e. The van der Waals surface area contributed by atoms with Crippen LogP contribution in [0.5, 0.6) is 11.5 Å². The smallest absolute Gasteiger partial charge is 0.411 e. The number of fused-ring (bicyclic) bond motifs is 1. The van der Waals surface area contributed by atoms with Gasteiger partial charge < -0.3 is 50.7 Å². The van der Waals surface area contributed by atoms with Crippen molar-refractivity contribution in [2.24, 2.45) is 17.6 Å². The second-order valence-electron chi connectivity index (χ2n) is 26.1. The average Bonchev–Trinajstić information content (AvgIpc) is 1.58. The highest BCUT2D eigenvalue weighted by atomic mass is 32.2. The molecule has 0 spiro atoms. The van der Waals surface area contributed by atoms with Gasteiger partial charge in [0.1, 0.15) is 55.8 Å². The van der Waals surface area contributed by atoms with Gasteiger partial charge in [-0.2, -0.15) is 0 Å². The van der Waals surface area contributed by atoms with Gasteiger partial charge in [0, 0.05) is 72.9 Å². The summed E-state index contributed by atoms with van der Waals surface area (Å²) in [5.74, 6) is -3.69. The van der Waals surface area contributed by atoms with Crippen LogP contribution in [0.15, 0.2) is 113 Å². The minimum atomic E-state index is -4.61. The van der Waals surface area contributed by atoms with Crippen molar-refractivity contribution in [1.29, 1.82) is 0 Å². The number of rotatable bonds is 34. The highest BCUT2D eigenvalue weighted by molar-refractivity contribution is 7.90. The Bertz CT molecular complexity index is 4050. The predicted octanol–water partition coefficient (Wildman–Crippen LogP) is 9.59. The molecule has 30 heteroatoms. The molecule has 5 aromatic rings. The number of nitrogens with two attached hydrogens (primary N) is 1. The van der Waals surface area contributed by atoms with Crippen LogP contribution in [-0.2, 0) is 67.8 Å². The summed E-state index contributed by atoms with van der Waals surface area (Å²) in [5.41, 5.74) is 3.77. The van der Waals surface area contributed by atoms with E-state index in [0.717, 1.165) is 50.1 Å². The fraction of sp³-hybridized carbons (Fsp3) is 0.486. The number of para-hydroxylation sites is 2. The Kier molecular flexibility index (Phi) is 27.3. The highest BCUT2D eigenvalue weighted by Gasteiger charge is 2.62. The summed E-state index contributed by atoms with van der Waals surface area (Å²) in [7, 11) is -4.57. The summed E-state index contributed by atoms with van der Waals surface area (Å²) in [6.45, 7) is 16.5. The van der Waals surface area contributed by atoms with Crippen molar-refractivity contribution in [3.05, 3.63) is 103 Å². The first-order valence-corrected chi connectivity index (χ1v) is 37.0. The van der Waals surface area contributed by atoms with Gasteiger partial charge >= 0.3 is 18.0 Å². The molecule has 2 aromatic heterocycles.